The average molecular weight is 601 g/mol. The molecule has 0 fully saturated rings. The summed E-state index contributed by atoms with van der Waals surface area (Å²) in [5.41, 5.74) is 15.8. The Kier molecular flexibility index (Phi) is 9.65. The molecular formula is C44H44N2. The first kappa shape index (κ1) is 30.9. The van der Waals surface area contributed by atoms with Crippen LogP contribution in [0.3, 0.4) is 0 Å². The quantitative estimate of drug-likeness (QED) is 0.146. The third-order valence-corrected chi connectivity index (χ3v) is 9.35. The molecule has 6 aromatic rings. The van der Waals surface area contributed by atoms with Crippen LogP contribution in [0.2, 0.25) is 0 Å². The Bertz CT molecular complexity index is 1640. The summed E-state index contributed by atoms with van der Waals surface area (Å²) < 4.78 is 0. The molecule has 0 bridgehead atoms. The van der Waals surface area contributed by atoms with Gasteiger partial charge in [0.15, 0.2) is 0 Å². The monoisotopic (exact) mass is 600 g/mol. The van der Waals surface area contributed by atoms with Gasteiger partial charge in [-0.05, 0) is 95.5 Å². The van der Waals surface area contributed by atoms with Gasteiger partial charge in [0.2, 0.25) is 0 Å². The van der Waals surface area contributed by atoms with E-state index in [0.717, 1.165) is 26.2 Å². The molecule has 0 spiro atoms. The van der Waals surface area contributed by atoms with Gasteiger partial charge >= 0.3 is 0 Å². The molecule has 0 saturated carbocycles. The van der Waals surface area contributed by atoms with E-state index in [1.54, 1.807) is 0 Å². The van der Waals surface area contributed by atoms with Crippen molar-refractivity contribution in [3.05, 3.63) is 190 Å². The van der Waals surface area contributed by atoms with Gasteiger partial charge in [0.05, 0.1) is 0 Å². The molecule has 0 aliphatic heterocycles. The average Bonchev–Trinajstić information content (AvgIpc) is 3.09. The van der Waals surface area contributed by atoms with E-state index in [9.17, 15) is 0 Å². The molecule has 0 aliphatic rings. The summed E-state index contributed by atoms with van der Waals surface area (Å²) >= 11 is 0. The Labute approximate surface area is 275 Å². The maximum absolute atomic E-state index is 2.52. The highest BCUT2D eigenvalue weighted by Gasteiger charge is 2.19. The number of benzene rings is 6. The molecule has 2 heteroatoms. The highest BCUT2D eigenvalue weighted by molar-refractivity contribution is 5.79. The fraction of sp³-hybridized carbons (Fsp3) is 0.182. The molecule has 0 N–H and O–H groups in total. The minimum Gasteiger partial charge on any atom is -0.363 e. The van der Waals surface area contributed by atoms with E-state index < -0.39 is 0 Å². The van der Waals surface area contributed by atoms with Gasteiger partial charge in [-0.25, -0.2) is 0 Å². The zero-order valence-electron chi connectivity index (χ0n) is 27.6. The fourth-order valence-electron chi connectivity index (χ4n) is 6.55. The van der Waals surface area contributed by atoms with Gasteiger partial charge in [0.25, 0.3) is 0 Å². The van der Waals surface area contributed by atoms with Crippen molar-refractivity contribution in [2.45, 2.75) is 53.9 Å². The van der Waals surface area contributed by atoms with Gasteiger partial charge in [-0.15, -0.1) is 0 Å². The molecule has 0 aromatic heterocycles. The molecule has 0 amide bonds. The zero-order chi connectivity index (χ0) is 31.9. The predicted octanol–water partition coefficient (Wildman–Crippen LogP) is 11.0. The molecule has 6 aromatic carbocycles. The molecule has 2 nitrogen and oxygen atoms in total. The Balaban J connectivity index is 1.34. The van der Waals surface area contributed by atoms with E-state index in [4.69, 9.17) is 0 Å². The molecule has 0 heterocycles. The van der Waals surface area contributed by atoms with E-state index in [0.29, 0.717) is 0 Å². The van der Waals surface area contributed by atoms with Crippen molar-refractivity contribution in [1.29, 1.82) is 0 Å². The maximum Gasteiger partial charge on any atom is 0.0433 e. The van der Waals surface area contributed by atoms with Crippen molar-refractivity contribution in [2.24, 2.45) is 0 Å². The summed E-state index contributed by atoms with van der Waals surface area (Å²) in [6.07, 6.45) is 0. The fourth-order valence-corrected chi connectivity index (χ4v) is 6.55. The molecule has 230 valence electrons. The van der Waals surface area contributed by atoms with Crippen molar-refractivity contribution in [1.82, 2.24) is 0 Å². The first-order valence-electron chi connectivity index (χ1n) is 16.3. The number of hydrogen-bond acceptors (Lipinski definition) is 2. The van der Waals surface area contributed by atoms with Crippen LogP contribution in [0.5, 0.6) is 0 Å². The van der Waals surface area contributed by atoms with E-state index in [2.05, 4.69) is 183 Å². The lowest BCUT2D eigenvalue weighted by atomic mass is 9.90. The second-order valence-electron chi connectivity index (χ2n) is 12.4. The van der Waals surface area contributed by atoms with Crippen molar-refractivity contribution in [2.75, 3.05) is 9.80 Å². The van der Waals surface area contributed by atoms with Crippen molar-refractivity contribution >= 4 is 11.4 Å². The first-order chi connectivity index (χ1) is 22.5. The molecular weight excluding hydrogens is 556 g/mol. The minimum atomic E-state index is 0.862. The van der Waals surface area contributed by atoms with Gasteiger partial charge < -0.3 is 9.80 Å². The smallest absolute Gasteiger partial charge is 0.0433 e. The van der Waals surface area contributed by atoms with Crippen LogP contribution < -0.4 is 9.80 Å². The third-order valence-electron chi connectivity index (χ3n) is 9.35. The lowest BCUT2D eigenvalue weighted by Gasteiger charge is -2.30. The van der Waals surface area contributed by atoms with Crippen LogP contribution in [0.1, 0.15) is 44.5 Å². The largest absolute Gasteiger partial charge is 0.363 e. The molecule has 0 unspecified atom stereocenters. The van der Waals surface area contributed by atoms with Gasteiger partial charge in [-0.3, -0.25) is 0 Å². The number of anilines is 2. The number of nitrogens with zero attached hydrogens (tertiary/aromatic N) is 2. The molecule has 0 aliphatic carbocycles. The molecule has 0 atom stereocenters. The highest BCUT2D eigenvalue weighted by atomic mass is 15.1. The second kappa shape index (κ2) is 14.3. The molecule has 46 heavy (non-hydrogen) atoms. The Hall–Kier alpha value is -5.08. The van der Waals surface area contributed by atoms with E-state index in [1.807, 2.05) is 0 Å². The van der Waals surface area contributed by atoms with Crippen molar-refractivity contribution in [3.8, 4) is 11.1 Å². The van der Waals surface area contributed by atoms with Gasteiger partial charge in [-0.2, -0.15) is 0 Å². The summed E-state index contributed by atoms with van der Waals surface area (Å²) in [5.74, 6) is 0. The Morgan fingerprint density at radius 3 is 0.826 bits per heavy atom. The summed E-state index contributed by atoms with van der Waals surface area (Å²) in [6.45, 7) is 12.6. The first-order valence-corrected chi connectivity index (χ1v) is 16.3. The van der Waals surface area contributed by atoms with Crippen molar-refractivity contribution in [3.63, 3.8) is 0 Å². The lowest BCUT2D eigenvalue weighted by Crippen LogP contribution is -2.23. The third kappa shape index (κ3) is 7.08. The van der Waals surface area contributed by atoms with Gasteiger partial charge in [-0.1, -0.05) is 133 Å². The van der Waals surface area contributed by atoms with Gasteiger partial charge in [0.1, 0.15) is 0 Å². The standard InChI is InChI=1S/C44H44N2/c1-33-35(3)43(45(29-37-17-9-5-10-18-37)30-38-19-11-6-12-20-38)27-25-41(33)42-26-28-44(36(4)34(42)2)46(31-39-21-13-7-14-22-39)32-40-23-15-8-16-24-40/h5-28H,29-32H2,1-4H3. The van der Waals surface area contributed by atoms with E-state index >= 15 is 0 Å². The number of rotatable bonds is 11. The van der Waals surface area contributed by atoms with Crippen LogP contribution in [-0.4, -0.2) is 0 Å². The predicted molar refractivity (Wildman–Crippen MR) is 196 cm³/mol. The summed E-state index contributed by atoms with van der Waals surface area (Å²) in [7, 11) is 0. The van der Waals surface area contributed by atoms with Crippen LogP contribution in [0, 0.1) is 27.7 Å². The van der Waals surface area contributed by atoms with Crippen LogP contribution in [0.25, 0.3) is 11.1 Å². The normalized spacial score (nSPS) is 11.0. The minimum absolute atomic E-state index is 0.862. The molecule has 0 radical (unpaired) electrons. The zero-order valence-corrected chi connectivity index (χ0v) is 27.6. The van der Waals surface area contributed by atoms with E-state index in [-0.39, 0.29) is 0 Å². The molecule has 0 saturated heterocycles. The van der Waals surface area contributed by atoms with Gasteiger partial charge in [0, 0.05) is 37.6 Å². The topological polar surface area (TPSA) is 6.48 Å². The highest BCUT2D eigenvalue weighted by Crippen LogP contribution is 2.38. The maximum atomic E-state index is 2.52. The van der Waals surface area contributed by atoms with Crippen molar-refractivity contribution < 1.29 is 0 Å². The van der Waals surface area contributed by atoms with Crippen LogP contribution in [0.15, 0.2) is 146 Å². The number of hydrogen-bond donors (Lipinski definition) is 0. The Morgan fingerprint density at radius 1 is 0.304 bits per heavy atom. The lowest BCUT2D eigenvalue weighted by molar-refractivity contribution is 0.795. The summed E-state index contributed by atoms with van der Waals surface area (Å²) in [6, 6.07) is 52.6. The SMILES string of the molecule is Cc1c(-c2ccc(N(Cc3ccccc3)Cc3ccccc3)c(C)c2C)ccc(N(Cc2ccccc2)Cc2ccccc2)c1C. The summed E-state index contributed by atoms with van der Waals surface area (Å²) in [5, 5.41) is 0. The van der Waals surface area contributed by atoms with E-state index in [1.165, 1.54) is 67.0 Å². The van der Waals surface area contributed by atoms with Crippen LogP contribution >= 0.6 is 0 Å². The van der Waals surface area contributed by atoms with Crippen LogP contribution in [-0.2, 0) is 26.2 Å². The Morgan fingerprint density at radius 2 is 0.565 bits per heavy atom. The van der Waals surface area contributed by atoms with Crippen LogP contribution in [0.4, 0.5) is 11.4 Å². The summed E-state index contributed by atoms with van der Waals surface area (Å²) in [4.78, 5) is 5.03. The molecule has 6 rings (SSSR count). The second-order valence-corrected chi connectivity index (χ2v) is 12.4.